The second kappa shape index (κ2) is 2.75. The van der Waals surface area contributed by atoms with Crippen molar-refractivity contribution >= 4 is 20.9 Å². The molecule has 0 bridgehead atoms. The third-order valence-electron chi connectivity index (χ3n) is 0.283. The topological polar surface area (TPSA) is 3.24 Å². The molecule has 0 spiro atoms. The summed E-state index contributed by atoms with van der Waals surface area (Å²) in [7, 11) is 3.96. The SMILES string of the molecule is CN(C)[SiH2]S. The predicted octanol–water partition coefficient (Wildman–Crippen LogP) is -0.523. The molecule has 0 heterocycles. The third kappa shape index (κ3) is 4.53. The van der Waals surface area contributed by atoms with Crippen molar-refractivity contribution in [2.24, 2.45) is 0 Å². The number of rotatable bonds is 1. The first-order valence-corrected chi connectivity index (χ1v) is 4.69. The van der Waals surface area contributed by atoms with E-state index in [0.717, 1.165) is 0 Å². The molecule has 0 aliphatic heterocycles. The molecule has 0 fully saturated rings. The molecule has 0 radical (unpaired) electrons. The standard InChI is InChI=1S/C2H9NSSi/c1-3(2)5-4/h4H,5H2,1-2H3. The highest BCUT2D eigenvalue weighted by Crippen LogP contribution is 1.68. The Bertz CT molecular complexity index is 23.6. The van der Waals surface area contributed by atoms with Gasteiger partial charge in [-0.25, -0.2) is 0 Å². The van der Waals surface area contributed by atoms with E-state index in [1.807, 2.05) is 14.1 Å². The maximum atomic E-state index is 4.08. The van der Waals surface area contributed by atoms with E-state index in [9.17, 15) is 0 Å². The molecule has 3 heteroatoms. The molecule has 5 heavy (non-hydrogen) atoms. The Morgan fingerprint density at radius 3 is 1.80 bits per heavy atom. The van der Waals surface area contributed by atoms with Crippen molar-refractivity contribution < 1.29 is 0 Å². The summed E-state index contributed by atoms with van der Waals surface area (Å²) in [5.41, 5.74) is 0. The van der Waals surface area contributed by atoms with Gasteiger partial charge in [-0.1, -0.05) is 0 Å². The van der Waals surface area contributed by atoms with Crippen molar-refractivity contribution in [3.05, 3.63) is 0 Å². The lowest BCUT2D eigenvalue weighted by molar-refractivity contribution is 0.675. The van der Waals surface area contributed by atoms with Gasteiger partial charge in [0.05, 0.1) is 0 Å². The quantitative estimate of drug-likeness (QED) is 0.348. The smallest absolute Gasteiger partial charge is 0.154 e. The number of hydrogen-bond acceptors (Lipinski definition) is 2. The number of hydrogen-bond donors (Lipinski definition) is 1. The summed E-state index contributed by atoms with van der Waals surface area (Å²) in [6.45, 7) is 0. The summed E-state index contributed by atoms with van der Waals surface area (Å²) in [4.78, 5) is 0. The molecule has 0 saturated carbocycles. The van der Waals surface area contributed by atoms with Crippen molar-refractivity contribution in [2.75, 3.05) is 14.1 Å². The first-order chi connectivity index (χ1) is 2.27. The van der Waals surface area contributed by atoms with Crippen molar-refractivity contribution in [3.63, 3.8) is 0 Å². The molecule has 0 aliphatic carbocycles. The Kier molecular flexibility index (Phi) is 3.04. The van der Waals surface area contributed by atoms with Crippen molar-refractivity contribution in [1.82, 2.24) is 4.57 Å². The molecule has 32 valence electrons. The fourth-order valence-corrected chi connectivity index (χ4v) is 0. The van der Waals surface area contributed by atoms with Crippen LogP contribution in [-0.4, -0.2) is 27.5 Å². The van der Waals surface area contributed by atoms with Gasteiger partial charge in [0.1, 0.15) is 0 Å². The van der Waals surface area contributed by atoms with Crippen LogP contribution in [0.25, 0.3) is 0 Å². The Morgan fingerprint density at radius 2 is 1.80 bits per heavy atom. The van der Waals surface area contributed by atoms with E-state index in [-0.39, 0.29) is 8.83 Å². The summed E-state index contributed by atoms with van der Waals surface area (Å²) >= 11 is 4.08. The van der Waals surface area contributed by atoms with Gasteiger partial charge in [-0.05, 0) is 14.1 Å². The minimum atomic E-state index is -0.123. The maximum Gasteiger partial charge on any atom is 0.154 e. The number of nitrogens with zero attached hydrogens (tertiary/aromatic N) is 1. The molecule has 0 aromatic rings. The van der Waals surface area contributed by atoms with Gasteiger partial charge in [0, 0.05) is 0 Å². The Labute approximate surface area is 40.3 Å². The van der Waals surface area contributed by atoms with Gasteiger partial charge in [0.15, 0.2) is 8.83 Å². The fraction of sp³-hybridized carbons (Fsp3) is 1.00. The van der Waals surface area contributed by atoms with Crippen LogP contribution in [0.3, 0.4) is 0 Å². The fourth-order valence-electron chi connectivity index (χ4n) is 0. The van der Waals surface area contributed by atoms with Gasteiger partial charge in [-0.2, -0.15) is 12.1 Å². The molecule has 0 rings (SSSR count). The van der Waals surface area contributed by atoms with Crippen LogP contribution in [0.15, 0.2) is 0 Å². The third-order valence-corrected chi connectivity index (χ3v) is 2.55. The Balaban J connectivity index is 2.54. The highest BCUT2D eigenvalue weighted by molar-refractivity contribution is 8.06. The zero-order chi connectivity index (χ0) is 4.28. The lowest BCUT2D eigenvalue weighted by Crippen LogP contribution is -2.10. The van der Waals surface area contributed by atoms with Crippen molar-refractivity contribution in [3.8, 4) is 0 Å². The van der Waals surface area contributed by atoms with E-state index >= 15 is 0 Å². The van der Waals surface area contributed by atoms with Crippen LogP contribution in [0, 0.1) is 0 Å². The average Bonchev–Trinajstić information content (AvgIpc) is 1.38. The van der Waals surface area contributed by atoms with Crippen LogP contribution >= 0.6 is 12.1 Å². The molecule has 0 amide bonds. The normalized spacial score (nSPS) is 12.0. The van der Waals surface area contributed by atoms with E-state index < -0.39 is 0 Å². The van der Waals surface area contributed by atoms with Crippen LogP contribution < -0.4 is 0 Å². The summed E-state index contributed by atoms with van der Waals surface area (Å²) in [6, 6.07) is 0. The van der Waals surface area contributed by atoms with E-state index in [2.05, 4.69) is 16.6 Å². The summed E-state index contributed by atoms with van der Waals surface area (Å²) in [6.07, 6.45) is 0. The molecule has 0 aromatic heterocycles. The molecular weight excluding hydrogens is 98.2 g/mol. The largest absolute Gasteiger partial charge is 0.326 e. The van der Waals surface area contributed by atoms with Crippen molar-refractivity contribution in [1.29, 1.82) is 0 Å². The number of thiol groups is 1. The lowest BCUT2D eigenvalue weighted by Gasteiger charge is -1.98. The van der Waals surface area contributed by atoms with Gasteiger partial charge in [-0.15, -0.1) is 0 Å². The molecule has 0 aliphatic rings. The van der Waals surface area contributed by atoms with E-state index in [4.69, 9.17) is 0 Å². The maximum absolute atomic E-state index is 4.08. The molecular formula is C2H9NSSi. The zero-order valence-corrected chi connectivity index (χ0v) is 5.91. The van der Waals surface area contributed by atoms with E-state index in [1.54, 1.807) is 0 Å². The summed E-state index contributed by atoms with van der Waals surface area (Å²) in [5.74, 6) is 0. The highest BCUT2D eigenvalue weighted by Gasteiger charge is 1.74. The van der Waals surface area contributed by atoms with Crippen LogP contribution in [0.2, 0.25) is 0 Å². The molecule has 0 saturated heterocycles. The molecule has 1 nitrogen and oxygen atoms in total. The van der Waals surface area contributed by atoms with Gasteiger partial charge < -0.3 is 4.57 Å². The first kappa shape index (κ1) is 5.53. The van der Waals surface area contributed by atoms with E-state index in [1.165, 1.54) is 0 Å². The van der Waals surface area contributed by atoms with Crippen molar-refractivity contribution in [2.45, 2.75) is 0 Å². The predicted molar refractivity (Wildman–Crippen MR) is 31.2 cm³/mol. The second-order valence-electron chi connectivity index (χ2n) is 1.22. The zero-order valence-electron chi connectivity index (χ0n) is 3.60. The molecule has 0 aromatic carbocycles. The minimum absolute atomic E-state index is 0.123. The monoisotopic (exact) mass is 107 g/mol. The first-order valence-electron chi connectivity index (χ1n) is 1.53. The highest BCUT2D eigenvalue weighted by atomic mass is 32.3. The van der Waals surface area contributed by atoms with Gasteiger partial charge in [0.25, 0.3) is 0 Å². The Hall–Kier alpha value is 0.527. The molecule has 0 atom stereocenters. The van der Waals surface area contributed by atoms with Gasteiger partial charge in [0.2, 0.25) is 0 Å². The van der Waals surface area contributed by atoms with Crippen LogP contribution in [0.4, 0.5) is 0 Å². The second-order valence-corrected chi connectivity index (χ2v) is 3.62. The lowest BCUT2D eigenvalue weighted by atomic mass is 11.3. The molecule has 0 N–H and O–H groups in total. The van der Waals surface area contributed by atoms with Crippen LogP contribution in [-0.2, 0) is 0 Å². The summed E-state index contributed by atoms with van der Waals surface area (Å²) < 4.78 is 2.13. The van der Waals surface area contributed by atoms with Crippen LogP contribution in [0.1, 0.15) is 0 Å². The Morgan fingerprint density at radius 1 is 1.60 bits per heavy atom. The minimum Gasteiger partial charge on any atom is -0.326 e. The average molecular weight is 107 g/mol. The molecule has 0 unspecified atom stereocenters. The van der Waals surface area contributed by atoms with E-state index in [0.29, 0.717) is 0 Å². The van der Waals surface area contributed by atoms with Gasteiger partial charge >= 0.3 is 0 Å². The summed E-state index contributed by atoms with van der Waals surface area (Å²) in [5, 5.41) is 0. The van der Waals surface area contributed by atoms with Crippen LogP contribution in [0.5, 0.6) is 0 Å². The van der Waals surface area contributed by atoms with Gasteiger partial charge in [-0.3, -0.25) is 0 Å².